The topological polar surface area (TPSA) is 49.4 Å². The van der Waals surface area contributed by atoms with E-state index in [-0.39, 0.29) is 11.8 Å². The van der Waals surface area contributed by atoms with E-state index in [0.717, 1.165) is 24.2 Å². The summed E-state index contributed by atoms with van der Waals surface area (Å²) in [5, 5.41) is 3.02. The van der Waals surface area contributed by atoms with Crippen molar-refractivity contribution in [1.29, 1.82) is 0 Å². The molecular formula is C27H38N2O2S. The maximum Gasteiger partial charge on any atom is 0.242 e. The van der Waals surface area contributed by atoms with Gasteiger partial charge in [-0.25, -0.2) is 0 Å². The Labute approximate surface area is 198 Å². The van der Waals surface area contributed by atoms with Crippen molar-refractivity contribution in [3.8, 4) is 0 Å². The van der Waals surface area contributed by atoms with Crippen LogP contribution < -0.4 is 5.32 Å². The number of benzene rings is 2. The van der Waals surface area contributed by atoms with Gasteiger partial charge < -0.3 is 10.2 Å². The molecule has 5 heteroatoms. The molecule has 0 saturated heterocycles. The molecule has 0 heterocycles. The number of hydrogen-bond acceptors (Lipinski definition) is 3. The molecule has 32 heavy (non-hydrogen) atoms. The van der Waals surface area contributed by atoms with Crippen LogP contribution in [-0.2, 0) is 21.9 Å². The minimum atomic E-state index is -0.456. The van der Waals surface area contributed by atoms with E-state index < -0.39 is 6.04 Å². The largest absolute Gasteiger partial charge is 0.354 e. The first-order valence-electron chi connectivity index (χ1n) is 11.6. The van der Waals surface area contributed by atoms with Crippen molar-refractivity contribution in [1.82, 2.24) is 10.2 Å². The van der Waals surface area contributed by atoms with E-state index in [1.165, 1.54) is 22.3 Å². The molecule has 2 aromatic rings. The number of aryl methyl sites for hydroxylation is 3. The smallest absolute Gasteiger partial charge is 0.242 e. The molecule has 0 aliphatic rings. The molecule has 1 N–H and O–H groups in total. The van der Waals surface area contributed by atoms with Crippen LogP contribution in [0.4, 0.5) is 0 Å². The number of amides is 2. The molecule has 1 unspecified atom stereocenters. The van der Waals surface area contributed by atoms with Crippen molar-refractivity contribution in [2.45, 2.75) is 72.2 Å². The van der Waals surface area contributed by atoms with Crippen LogP contribution in [0.15, 0.2) is 42.5 Å². The predicted molar refractivity (Wildman–Crippen MR) is 136 cm³/mol. The fourth-order valence-electron chi connectivity index (χ4n) is 3.81. The fourth-order valence-corrected chi connectivity index (χ4v) is 4.65. The molecule has 0 saturated carbocycles. The standard InChI is InChI=1S/C27H38N2O2S/c1-6-8-13-28-27(31)25(7-2)29(17-23-11-9-20(3)10-12-23)26(30)19-32-18-24-15-21(4)14-22(5)16-24/h9-12,14-16,25H,6-8,13,17-19H2,1-5H3,(H,28,31). The summed E-state index contributed by atoms with van der Waals surface area (Å²) in [5.74, 6) is 1.10. The zero-order valence-corrected chi connectivity index (χ0v) is 21.1. The lowest BCUT2D eigenvalue weighted by Gasteiger charge is -2.30. The highest BCUT2D eigenvalue weighted by atomic mass is 32.2. The van der Waals surface area contributed by atoms with Gasteiger partial charge in [-0.05, 0) is 44.7 Å². The quantitative estimate of drug-likeness (QED) is 0.427. The number of unbranched alkanes of at least 4 members (excludes halogenated alkanes) is 1. The van der Waals surface area contributed by atoms with Crippen molar-refractivity contribution < 1.29 is 9.59 Å². The average Bonchev–Trinajstić information content (AvgIpc) is 2.74. The highest BCUT2D eigenvalue weighted by Crippen LogP contribution is 2.19. The number of carbonyl (C=O) groups is 2. The molecule has 0 radical (unpaired) electrons. The second-order valence-corrected chi connectivity index (χ2v) is 9.55. The molecule has 0 bridgehead atoms. The summed E-state index contributed by atoms with van der Waals surface area (Å²) in [6, 6.07) is 14.2. The molecule has 2 rings (SSSR count). The summed E-state index contributed by atoms with van der Waals surface area (Å²) in [4.78, 5) is 28.0. The lowest BCUT2D eigenvalue weighted by molar-refractivity contribution is -0.139. The molecule has 0 aromatic heterocycles. The van der Waals surface area contributed by atoms with E-state index in [9.17, 15) is 9.59 Å². The third kappa shape index (κ3) is 8.34. The van der Waals surface area contributed by atoms with Crippen LogP contribution in [0.1, 0.15) is 60.9 Å². The van der Waals surface area contributed by atoms with Crippen LogP contribution in [0.2, 0.25) is 0 Å². The lowest BCUT2D eigenvalue weighted by atomic mass is 10.1. The van der Waals surface area contributed by atoms with Gasteiger partial charge in [0.1, 0.15) is 6.04 Å². The Morgan fingerprint density at radius 1 is 0.938 bits per heavy atom. The Morgan fingerprint density at radius 2 is 1.59 bits per heavy atom. The molecule has 4 nitrogen and oxygen atoms in total. The van der Waals surface area contributed by atoms with E-state index in [1.54, 1.807) is 16.7 Å². The average molecular weight is 455 g/mol. The molecule has 2 amide bonds. The molecule has 1 atom stereocenters. The minimum Gasteiger partial charge on any atom is -0.354 e. The fraction of sp³-hybridized carbons (Fsp3) is 0.481. The monoisotopic (exact) mass is 454 g/mol. The summed E-state index contributed by atoms with van der Waals surface area (Å²) in [6.45, 7) is 11.4. The first kappa shape index (κ1) is 26.0. The molecule has 0 spiro atoms. The number of hydrogen-bond donors (Lipinski definition) is 1. The lowest BCUT2D eigenvalue weighted by Crippen LogP contribution is -2.49. The van der Waals surface area contributed by atoms with Crippen LogP contribution >= 0.6 is 11.8 Å². The normalized spacial score (nSPS) is 11.8. The molecule has 0 fully saturated rings. The Bertz CT molecular complexity index is 859. The van der Waals surface area contributed by atoms with Gasteiger partial charge in [-0.2, -0.15) is 0 Å². The van der Waals surface area contributed by atoms with Crippen molar-refractivity contribution in [3.63, 3.8) is 0 Å². The Kier molecular flexibility index (Phi) is 10.8. The maximum atomic E-state index is 13.3. The van der Waals surface area contributed by atoms with Crippen LogP contribution in [-0.4, -0.2) is 35.1 Å². The summed E-state index contributed by atoms with van der Waals surface area (Å²) in [5.41, 5.74) is 5.93. The number of nitrogens with one attached hydrogen (secondary N) is 1. The summed E-state index contributed by atoms with van der Waals surface area (Å²) >= 11 is 1.61. The zero-order valence-electron chi connectivity index (χ0n) is 20.2. The van der Waals surface area contributed by atoms with E-state index in [2.05, 4.69) is 56.4 Å². The Balaban J connectivity index is 2.11. The van der Waals surface area contributed by atoms with Gasteiger partial charge in [-0.3, -0.25) is 9.59 Å². The van der Waals surface area contributed by atoms with Crippen LogP contribution in [0.3, 0.4) is 0 Å². The highest BCUT2D eigenvalue weighted by Gasteiger charge is 2.28. The first-order chi connectivity index (χ1) is 15.3. The van der Waals surface area contributed by atoms with Gasteiger partial charge in [0.05, 0.1) is 5.75 Å². The summed E-state index contributed by atoms with van der Waals surface area (Å²) in [6.07, 6.45) is 2.56. The SMILES string of the molecule is CCCCNC(=O)C(CC)N(Cc1ccc(C)cc1)C(=O)CSCc1cc(C)cc(C)c1. The van der Waals surface area contributed by atoms with Crippen LogP contribution in [0, 0.1) is 20.8 Å². The second-order valence-electron chi connectivity index (χ2n) is 8.56. The molecule has 2 aromatic carbocycles. The Hall–Kier alpha value is -2.27. The van der Waals surface area contributed by atoms with Gasteiger partial charge in [0, 0.05) is 18.8 Å². The van der Waals surface area contributed by atoms with Gasteiger partial charge in [0.15, 0.2) is 0 Å². The van der Waals surface area contributed by atoms with E-state index in [1.807, 2.05) is 26.0 Å². The number of carbonyl (C=O) groups excluding carboxylic acids is 2. The van der Waals surface area contributed by atoms with Crippen molar-refractivity contribution >= 4 is 23.6 Å². The number of thioether (sulfide) groups is 1. The third-order valence-corrected chi connectivity index (χ3v) is 6.45. The van der Waals surface area contributed by atoms with Gasteiger partial charge in [-0.1, -0.05) is 79.4 Å². The van der Waals surface area contributed by atoms with Crippen molar-refractivity contribution in [3.05, 3.63) is 70.3 Å². The van der Waals surface area contributed by atoms with Crippen molar-refractivity contribution in [2.24, 2.45) is 0 Å². The third-order valence-electron chi connectivity index (χ3n) is 5.46. The highest BCUT2D eigenvalue weighted by molar-refractivity contribution is 7.99. The zero-order chi connectivity index (χ0) is 23.5. The van der Waals surface area contributed by atoms with E-state index in [4.69, 9.17) is 0 Å². The van der Waals surface area contributed by atoms with E-state index in [0.29, 0.717) is 25.3 Å². The first-order valence-corrected chi connectivity index (χ1v) is 12.8. The van der Waals surface area contributed by atoms with Gasteiger partial charge in [0.25, 0.3) is 0 Å². The molecular weight excluding hydrogens is 416 g/mol. The Morgan fingerprint density at radius 3 is 2.19 bits per heavy atom. The summed E-state index contributed by atoms with van der Waals surface area (Å²) < 4.78 is 0. The van der Waals surface area contributed by atoms with Gasteiger partial charge in [0.2, 0.25) is 11.8 Å². The minimum absolute atomic E-state index is 0.0115. The van der Waals surface area contributed by atoms with Gasteiger partial charge >= 0.3 is 0 Å². The van der Waals surface area contributed by atoms with E-state index >= 15 is 0 Å². The predicted octanol–water partition coefficient (Wildman–Crippen LogP) is 5.57. The number of rotatable bonds is 12. The molecule has 0 aliphatic carbocycles. The second kappa shape index (κ2) is 13.3. The summed E-state index contributed by atoms with van der Waals surface area (Å²) in [7, 11) is 0. The van der Waals surface area contributed by atoms with Crippen molar-refractivity contribution in [2.75, 3.05) is 12.3 Å². The van der Waals surface area contributed by atoms with Crippen LogP contribution in [0.25, 0.3) is 0 Å². The molecule has 174 valence electrons. The maximum absolute atomic E-state index is 13.3. The molecule has 0 aliphatic heterocycles. The van der Waals surface area contributed by atoms with Gasteiger partial charge in [-0.15, -0.1) is 11.8 Å². The van der Waals surface area contributed by atoms with Crippen LogP contribution in [0.5, 0.6) is 0 Å². The number of nitrogens with zero attached hydrogens (tertiary/aromatic N) is 1.